The molecule has 3 rings (SSSR count). The molecule has 1 fully saturated rings. The van der Waals surface area contributed by atoms with E-state index in [4.69, 9.17) is 9.72 Å². The maximum atomic E-state index is 5.47. The van der Waals surface area contributed by atoms with Crippen LogP contribution >= 0.6 is 0 Å². The van der Waals surface area contributed by atoms with Crippen molar-refractivity contribution in [1.82, 2.24) is 14.5 Å². The molecule has 1 aromatic rings. The number of aromatic nitrogens is 2. The maximum Gasteiger partial charge on any atom is 0.123 e. The molecule has 0 aromatic carbocycles. The predicted octanol–water partition coefficient (Wildman–Crippen LogP) is 1.61. The van der Waals surface area contributed by atoms with Gasteiger partial charge in [0.15, 0.2) is 0 Å². The van der Waals surface area contributed by atoms with Crippen LogP contribution < -0.4 is 0 Å². The minimum atomic E-state index is 0.524. The highest BCUT2D eigenvalue weighted by Crippen LogP contribution is 2.21. The van der Waals surface area contributed by atoms with Crippen LogP contribution in [0.5, 0.6) is 0 Å². The second kappa shape index (κ2) is 4.42. The molecule has 1 aromatic heterocycles. The van der Waals surface area contributed by atoms with Crippen molar-refractivity contribution in [1.29, 1.82) is 0 Å². The van der Waals surface area contributed by atoms with E-state index in [1.54, 1.807) is 0 Å². The third kappa shape index (κ3) is 2.11. The molecule has 0 N–H and O–H groups in total. The van der Waals surface area contributed by atoms with Gasteiger partial charge >= 0.3 is 0 Å². The molecule has 0 aliphatic carbocycles. The molecule has 0 bridgehead atoms. The Morgan fingerprint density at radius 1 is 1.41 bits per heavy atom. The summed E-state index contributed by atoms with van der Waals surface area (Å²) in [6, 6.07) is 0.614. The third-order valence-electron chi connectivity index (χ3n) is 3.86. The van der Waals surface area contributed by atoms with Crippen LogP contribution in [-0.2, 0) is 17.8 Å². The van der Waals surface area contributed by atoms with E-state index < -0.39 is 0 Å². The SMILES string of the molecule is CC(C)c1cn2c(n1)CN(C1CCOC1)CC2. The fourth-order valence-corrected chi connectivity index (χ4v) is 2.69. The molecule has 17 heavy (non-hydrogen) atoms. The first-order valence-electron chi connectivity index (χ1n) is 6.62. The summed E-state index contributed by atoms with van der Waals surface area (Å²) in [5.41, 5.74) is 1.23. The van der Waals surface area contributed by atoms with Crippen molar-refractivity contribution in [2.24, 2.45) is 0 Å². The Hall–Kier alpha value is -0.870. The summed E-state index contributed by atoms with van der Waals surface area (Å²) < 4.78 is 7.79. The summed E-state index contributed by atoms with van der Waals surface area (Å²) in [5, 5.41) is 0. The number of rotatable bonds is 2. The van der Waals surface area contributed by atoms with Crippen LogP contribution in [0.1, 0.15) is 37.7 Å². The Bertz CT molecular complexity index is 393. The second-order valence-electron chi connectivity index (χ2n) is 5.42. The number of imidazole rings is 1. The van der Waals surface area contributed by atoms with E-state index >= 15 is 0 Å². The lowest BCUT2D eigenvalue weighted by molar-refractivity contribution is 0.121. The summed E-state index contributed by atoms with van der Waals surface area (Å²) in [4.78, 5) is 7.28. The fourth-order valence-electron chi connectivity index (χ4n) is 2.69. The molecule has 0 radical (unpaired) electrons. The molecule has 2 aliphatic heterocycles. The largest absolute Gasteiger partial charge is 0.380 e. The molecule has 0 spiro atoms. The average molecular weight is 235 g/mol. The van der Waals surface area contributed by atoms with E-state index in [1.165, 1.54) is 17.9 Å². The van der Waals surface area contributed by atoms with E-state index in [-0.39, 0.29) is 0 Å². The molecule has 1 unspecified atom stereocenters. The molecule has 1 atom stereocenters. The lowest BCUT2D eigenvalue weighted by Gasteiger charge is -2.31. The Morgan fingerprint density at radius 3 is 3.00 bits per heavy atom. The summed E-state index contributed by atoms with van der Waals surface area (Å²) in [5.74, 6) is 1.75. The Kier molecular flexibility index (Phi) is 2.92. The van der Waals surface area contributed by atoms with Gasteiger partial charge in [-0.05, 0) is 12.3 Å². The third-order valence-corrected chi connectivity index (χ3v) is 3.86. The zero-order valence-electron chi connectivity index (χ0n) is 10.7. The van der Waals surface area contributed by atoms with Crippen LogP contribution in [0, 0.1) is 0 Å². The molecule has 94 valence electrons. The zero-order chi connectivity index (χ0) is 11.8. The maximum absolute atomic E-state index is 5.47. The predicted molar refractivity (Wildman–Crippen MR) is 66.0 cm³/mol. The van der Waals surface area contributed by atoms with Crippen molar-refractivity contribution >= 4 is 0 Å². The normalized spacial score (nSPS) is 25.5. The van der Waals surface area contributed by atoms with Crippen LogP contribution in [0.15, 0.2) is 6.20 Å². The number of ether oxygens (including phenoxy) is 1. The van der Waals surface area contributed by atoms with Gasteiger partial charge in [-0.25, -0.2) is 4.98 Å². The number of hydrogen-bond acceptors (Lipinski definition) is 3. The Morgan fingerprint density at radius 2 is 2.29 bits per heavy atom. The second-order valence-corrected chi connectivity index (χ2v) is 5.42. The van der Waals surface area contributed by atoms with Crippen molar-refractivity contribution in [2.75, 3.05) is 19.8 Å². The smallest absolute Gasteiger partial charge is 0.123 e. The van der Waals surface area contributed by atoms with Crippen molar-refractivity contribution in [3.8, 4) is 0 Å². The molecule has 4 nitrogen and oxygen atoms in total. The van der Waals surface area contributed by atoms with Gasteiger partial charge in [0.2, 0.25) is 0 Å². The van der Waals surface area contributed by atoms with E-state index in [9.17, 15) is 0 Å². The van der Waals surface area contributed by atoms with Crippen molar-refractivity contribution < 1.29 is 4.74 Å². The van der Waals surface area contributed by atoms with Gasteiger partial charge in [0.1, 0.15) is 5.82 Å². The van der Waals surface area contributed by atoms with Crippen LogP contribution in [-0.4, -0.2) is 40.3 Å². The van der Waals surface area contributed by atoms with E-state index in [0.29, 0.717) is 12.0 Å². The molecule has 3 heterocycles. The topological polar surface area (TPSA) is 30.3 Å². The van der Waals surface area contributed by atoms with Gasteiger partial charge in [-0.2, -0.15) is 0 Å². The van der Waals surface area contributed by atoms with Gasteiger partial charge in [0.05, 0.1) is 18.8 Å². The minimum Gasteiger partial charge on any atom is -0.380 e. The first-order chi connectivity index (χ1) is 8.24. The first kappa shape index (κ1) is 11.2. The van der Waals surface area contributed by atoms with Crippen LogP contribution in [0.25, 0.3) is 0 Å². The first-order valence-corrected chi connectivity index (χ1v) is 6.62. The zero-order valence-corrected chi connectivity index (χ0v) is 10.7. The highest BCUT2D eigenvalue weighted by Gasteiger charge is 2.27. The minimum absolute atomic E-state index is 0.524. The lowest BCUT2D eigenvalue weighted by Crippen LogP contribution is -2.41. The molecule has 4 heteroatoms. The van der Waals surface area contributed by atoms with Crippen LogP contribution in [0.2, 0.25) is 0 Å². The fraction of sp³-hybridized carbons (Fsp3) is 0.769. The molecular formula is C13H21N3O. The van der Waals surface area contributed by atoms with E-state index in [1.807, 2.05) is 0 Å². The van der Waals surface area contributed by atoms with Crippen LogP contribution in [0.3, 0.4) is 0 Å². The molecule has 1 saturated heterocycles. The summed E-state index contributed by atoms with van der Waals surface area (Å²) in [7, 11) is 0. The monoisotopic (exact) mass is 235 g/mol. The van der Waals surface area contributed by atoms with Gasteiger partial charge in [-0.1, -0.05) is 13.8 Å². The highest BCUT2D eigenvalue weighted by molar-refractivity contribution is 5.10. The summed E-state index contributed by atoms with van der Waals surface area (Å²) >= 11 is 0. The molecule has 0 amide bonds. The quantitative estimate of drug-likeness (QED) is 0.780. The van der Waals surface area contributed by atoms with Gasteiger partial charge in [0, 0.05) is 31.9 Å². The number of nitrogens with zero attached hydrogens (tertiary/aromatic N) is 3. The molecular weight excluding hydrogens is 214 g/mol. The summed E-state index contributed by atoms with van der Waals surface area (Å²) in [6.45, 7) is 9.43. The van der Waals surface area contributed by atoms with Crippen LogP contribution in [0.4, 0.5) is 0 Å². The van der Waals surface area contributed by atoms with Gasteiger partial charge in [0.25, 0.3) is 0 Å². The highest BCUT2D eigenvalue weighted by atomic mass is 16.5. The van der Waals surface area contributed by atoms with Gasteiger partial charge in [-0.3, -0.25) is 4.90 Å². The Labute approximate surface area is 103 Å². The van der Waals surface area contributed by atoms with Crippen molar-refractivity contribution in [3.05, 3.63) is 17.7 Å². The molecule has 0 saturated carbocycles. The average Bonchev–Trinajstić information content (AvgIpc) is 2.97. The van der Waals surface area contributed by atoms with E-state index in [0.717, 1.165) is 32.8 Å². The van der Waals surface area contributed by atoms with Crippen molar-refractivity contribution in [3.63, 3.8) is 0 Å². The van der Waals surface area contributed by atoms with Gasteiger partial charge < -0.3 is 9.30 Å². The molecule has 2 aliphatic rings. The van der Waals surface area contributed by atoms with Gasteiger partial charge in [-0.15, -0.1) is 0 Å². The summed E-state index contributed by atoms with van der Waals surface area (Å²) in [6.07, 6.45) is 3.40. The van der Waals surface area contributed by atoms with E-state index in [2.05, 4.69) is 29.5 Å². The Balaban J connectivity index is 1.75. The van der Waals surface area contributed by atoms with Crippen molar-refractivity contribution in [2.45, 2.75) is 45.3 Å². The number of hydrogen-bond donors (Lipinski definition) is 0. The lowest BCUT2D eigenvalue weighted by atomic mass is 10.2. The number of fused-ring (bicyclic) bond motifs is 1. The standard InChI is InChI=1S/C13H21N3O/c1-10(2)12-7-16-5-4-15(8-13(16)14-12)11-3-6-17-9-11/h7,10-11H,3-6,8-9H2,1-2H3.